The molecule has 0 aliphatic rings. The van der Waals surface area contributed by atoms with Gasteiger partial charge in [-0.05, 0) is 48.5 Å². The lowest BCUT2D eigenvalue weighted by atomic mass is 10.2. The third-order valence-corrected chi connectivity index (χ3v) is 6.12. The maximum Gasteiger partial charge on any atom is 0.238 e. The molecule has 4 rings (SSSR count). The van der Waals surface area contributed by atoms with Crippen LogP contribution in [0.3, 0.4) is 0 Å². The fourth-order valence-corrected chi connectivity index (χ4v) is 4.17. The summed E-state index contributed by atoms with van der Waals surface area (Å²) in [6.45, 7) is 0. The first kappa shape index (κ1) is 19.2. The second kappa shape index (κ2) is 7.69. The molecule has 146 valence electrons. The standard InChI is InChI=1S/C21H14ClFN2O3S/c22-18-9-5-4-8-17(18)19-25-21(20(28-19)24-15-6-2-1-3-7-15)29(26,27)16-12-10-14(23)11-13-16/h1-13,24H. The second-order valence-corrected chi connectivity index (χ2v) is 8.35. The summed E-state index contributed by atoms with van der Waals surface area (Å²) in [5.41, 5.74) is 1.07. The van der Waals surface area contributed by atoms with E-state index in [0.29, 0.717) is 16.3 Å². The van der Waals surface area contributed by atoms with Gasteiger partial charge in [0.15, 0.2) is 0 Å². The van der Waals surface area contributed by atoms with E-state index < -0.39 is 15.7 Å². The van der Waals surface area contributed by atoms with Gasteiger partial charge in [0.1, 0.15) is 5.82 Å². The minimum Gasteiger partial charge on any atom is -0.419 e. The van der Waals surface area contributed by atoms with E-state index in [9.17, 15) is 12.8 Å². The molecule has 8 heteroatoms. The number of para-hydroxylation sites is 1. The van der Waals surface area contributed by atoms with Gasteiger partial charge in [0.25, 0.3) is 0 Å². The van der Waals surface area contributed by atoms with E-state index in [1.165, 1.54) is 12.1 Å². The first-order chi connectivity index (χ1) is 13.9. The molecule has 0 spiro atoms. The van der Waals surface area contributed by atoms with Crippen molar-refractivity contribution in [1.29, 1.82) is 0 Å². The molecule has 0 fully saturated rings. The summed E-state index contributed by atoms with van der Waals surface area (Å²) >= 11 is 6.22. The van der Waals surface area contributed by atoms with Crippen molar-refractivity contribution < 1.29 is 17.2 Å². The molecule has 0 aliphatic carbocycles. The van der Waals surface area contributed by atoms with Crippen molar-refractivity contribution in [2.24, 2.45) is 0 Å². The summed E-state index contributed by atoms with van der Waals surface area (Å²) in [7, 11) is -4.08. The average Bonchev–Trinajstić information content (AvgIpc) is 3.14. The van der Waals surface area contributed by atoms with Gasteiger partial charge in [-0.2, -0.15) is 4.98 Å². The number of anilines is 2. The number of nitrogens with one attached hydrogen (secondary N) is 1. The summed E-state index contributed by atoms with van der Waals surface area (Å²) in [6.07, 6.45) is 0. The van der Waals surface area contributed by atoms with Crippen LogP contribution in [0.2, 0.25) is 5.02 Å². The van der Waals surface area contributed by atoms with E-state index in [2.05, 4.69) is 10.3 Å². The van der Waals surface area contributed by atoms with Crippen LogP contribution in [-0.4, -0.2) is 13.4 Å². The number of rotatable bonds is 5. The minimum atomic E-state index is -4.08. The number of hydrogen-bond donors (Lipinski definition) is 1. The lowest BCUT2D eigenvalue weighted by Crippen LogP contribution is -2.05. The Hall–Kier alpha value is -3.16. The molecule has 0 amide bonds. The summed E-state index contributed by atoms with van der Waals surface area (Å²) < 4.78 is 45.4. The number of hydrogen-bond acceptors (Lipinski definition) is 5. The first-order valence-electron chi connectivity index (χ1n) is 8.53. The van der Waals surface area contributed by atoms with Crippen molar-refractivity contribution in [1.82, 2.24) is 4.98 Å². The van der Waals surface area contributed by atoms with Crippen LogP contribution in [-0.2, 0) is 9.84 Å². The molecule has 1 N–H and O–H groups in total. The Morgan fingerprint density at radius 1 is 0.897 bits per heavy atom. The summed E-state index contributed by atoms with van der Waals surface area (Å²) in [5, 5.41) is 2.99. The summed E-state index contributed by atoms with van der Waals surface area (Å²) in [5.74, 6) is -0.548. The van der Waals surface area contributed by atoms with Gasteiger partial charge in [0.2, 0.25) is 26.6 Å². The Kier molecular flexibility index (Phi) is 5.08. The van der Waals surface area contributed by atoms with Crippen molar-refractivity contribution in [2.45, 2.75) is 9.92 Å². The molecule has 29 heavy (non-hydrogen) atoms. The zero-order chi connectivity index (χ0) is 20.4. The highest BCUT2D eigenvalue weighted by Gasteiger charge is 2.29. The maximum absolute atomic E-state index is 13.3. The number of oxazole rings is 1. The highest BCUT2D eigenvalue weighted by molar-refractivity contribution is 7.91. The van der Waals surface area contributed by atoms with Gasteiger partial charge in [-0.3, -0.25) is 0 Å². The quantitative estimate of drug-likeness (QED) is 0.412. The van der Waals surface area contributed by atoms with E-state index in [1.807, 2.05) is 6.07 Å². The van der Waals surface area contributed by atoms with Crippen molar-refractivity contribution in [3.8, 4) is 11.5 Å². The third kappa shape index (κ3) is 3.87. The zero-order valence-corrected chi connectivity index (χ0v) is 16.4. The molecule has 0 saturated heterocycles. The van der Waals surface area contributed by atoms with Crippen LogP contribution >= 0.6 is 11.6 Å². The lowest BCUT2D eigenvalue weighted by molar-refractivity contribution is 0.581. The van der Waals surface area contributed by atoms with E-state index in [-0.39, 0.29) is 21.7 Å². The van der Waals surface area contributed by atoms with Gasteiger partial charge >= 0.3 is 0 Å². The molecule has 3 aromatic carbocycles. The highest BCUT2D eigenvalue weighted by Crippen LogP contribution is 2.36. The summed E-state index contributed by atoms with van der Waals surface area (Å²) in [4.78, 5) is 4.11. The Morgan fingerprint density at radius 2 is 1.55 bits per heavy atom. The van der Waals surface area contributed by atoms with Crippen LogP contribution in [0.4, 0.5) is 16.0 Å². The smallest absolute Gasteiger partial charge is 0.238 e. The van der Waals surface area contributed by atoms with Crippen LogP contribution in [0, 0.1) is 5.82 Å². The minimum absolute atomic E-state index is 0.0507. The van der Waals surface area contributed by atoms with Crippen molar-refractivity contribution in [2.75, 3.05) is 5.32 Å². The number of nitrogens with zero attached hydrogens (tertiary/aromatic N) is 1. The molecule has 0 radical (unpaired) electrons. The van der Waals surface area contributed by atoms with Crippen molar-refractivity contribution in [3.63, 3.8) is 0 Å². The number of sulfone groups is 1. The van der Waals surface area contributed by atoms with Gasteiger partial charge < -0.3 is 9.73 Å². The number of halogens is 2. The third-order valence-electron chi connectivity index (χ3n) is 4.11. The second-order valence-electron chi connectivity index (χ2n) is 6.08. The van der Waals surface area contributed by atoms with Crippen LogP contribution in [0.25, 0.3) is 11.5 Å². The monoisotopic (exact) mass is 428 g/mol. The molecule has 4 aromatic rings. The Bertz CT molecular complexity index is 1260. The van der Waals surface area contributed by atoms with Crippen LogP contribution in [0.15, 0.2) is 93.2 Å². The topological polar surface area (TPSA) is 72.2 Å². The number of benzene rings is 3. The largest absolute Gasteiger partial charge is 0.419 e. The molecular formula is C21H14ClFN2O3S. The maximum atomic E-state index is 13.3. The predicted molar refractivity (Wildman–Crippen MR) is 109 cm³/mol. The van der Waals surface area contributed by atoms with Crippen LogP contribution < -0.4 is 5.32 Å². The van der Waals surface area contributed by atoms with Crippen LogP contribution in [0.1, 0.15) is 0 Å². The molecule has 0 saturated carbocycles. The van der Waals surface area contributed by atoms with Gasteiger partial charge in [-0.25, -0.2) is 12.8 Å². The number of aromatic nitrogens is 1. The SMILES string of the molecule is O=S(=O)(c1ccc(F)cc1)c1nc(-c2ccccc2Cl)oc1Nc1ccccc1. The van der Waals surface area contributed by atoms with Crippen LogP contribution in [0.5, 0.6) is 0 Å². The first-order valence-corrected chi connectivity index (χ1v) is 10.4. The molecule has 0 unspecified atom stereocenters. The van der Waals surface area contributed by atoms with Crippen molar-refractivity contribution >= 4 is 33.0 Å². The van der Waals surface area contributed by atoms with Gasteiger partial charge in [0.05, 0.1) is 15.5 Å². The van der Waals surface area contributed by atoms with E-state index >= 15 is 0 Å². The molecule has 0 bridgehead atoms. The zero-order valence-electron chi connectivity index (χ0n) is 14.8. The summed E-state index contributed by atoms with van der Waals surface area (Å²) in [6, 6.07) is 20.3. The fraction of sp³-hybridized carbons (Fsp3) is 0. The normalized spacial score (nSPS) is 11.4. The fourth-order valence-electron chi connectivity index (χ4n) is 2.70. The van der Waals surface area contributed by atoms with E-state index in [0.717, 1.165) is 12.1 Å². The Morgan fingerprint density at radius 3 is 2.24 bits per heavy atom. The molecule has 0 aliphatic heterocycles. The van der Waals surface area contributed by atoms with Gasteiger partial charge in [-0.15, -0.1) is 0 Å². The Labute approximate surface area is 171 Å². The van der Waals surface area contributed by atoms with Gasteiger partial charge in [-0.1, -0.05) is 41.9 Å². The van der Waals surface area contributed by atoms with Gasteiger partial charge in [0, 0.05) is 5.69 Å². The molecular weight excluding hydrogens is 415 g/mol. The van der Waals surface area contributed by atoms with E-state index in [4.69, 9.17) is 16.0 Å². The molecule has 1 aromatic heterocycles. The van der Waals surface area contributed by atoms with Crippen molar-refractivity contribution in [3.05, 3.63) is 89.7 Å². The molecule has 5 nitrogen and oxygen atoms in total. The Balaban J connectivity index is 1.87. The molecule has 1 heterocycles. The highest BCUT2D eigenvalue weighted by atomic mass is 35.5. The molecule has 0 atom stereocenters. The average molecular weight is 429 g/mol. The lowest BCUT2D eigenvalue weighted by Gasteiger charge is -2.06. The predicted octanol–water partition coefficient (Wildman–Crippen LogP) is 5.71. The van der Waals surface area contributed by atoms with E-state index in [1.54, 1.807) is 48.5 Å².